The fourth-order valence-electron chi connectivity index (χ4n) is 0.557. The van der Waals surface area contributed by atoms with E-state index in [9.17, 15) is 4.79 Å². The summed E-state index contributed by atoms with van der Waals surface area (Å²) in [5.41, 5.74) is 5.14. The smallest absolute Gasteiger partial charge is 0.246 e. The summed E-state index contributed by atoms with van der Waals surface area (Å²) in [4.78, 5) is 10.8. The van der Waals surface area contributed by atoms with E-state index in [0.717, 1.165) is 0 Å². The van der Waals surface area contributed by atoms with Crippen molar-refractivity contribution in [2.45, 2.75) is 6.42 Å². The topological polar surface area (TPSA) is 88.1 Å². The van der Waals surface area contributed by atoms with Gasteiger partial charge in [-0.3, -0.25) is 4.79 Å². The molecule has 68 valence electrons. The van der Waals surface area contributed by atoms with E-state index in [2.05, 4.69) is 5.32 Å². The number of nitriles is 1. The lowest BCUT2D eigenvalue weighted by molar-refractivity contribution is -0.125. The molecule has 5 heteroatoms. The summed E-state index contributed by atoms with van der Waals surface area (Å²) in [6.07, 6.45) is 0.322. The molecule has 0 saturated carbocycles. The zero-order valence-electron chi connectivity index (χ0n) is 6.88. The van der Waals surface area contributed by atoms with Gasteiger partial charge in [-0.25, -0.2) is 0 Å². The second kappa shape index (κ2) is 7.98. The van der Waals surface area contributed by atoms with Gasteiger partial charge in [0.25, 0.3) is 0 Å². The van der Waals surface area contributed by atoms with Gasteiger partial charge in [-0.05, 0) is 0 Å². The lowest BCUT2D eigenvalue weighted by Crippen LogP contribution is -2.29. The van der Waals surface area contributed by atoms with Gasteiger partial charge in [-0.15, -0.1) is 0 Å². The van der Waals surface area contributed by atoms with E-state index in [0.29, 0.717) is 26.1 Å². The first-order chi connectivity index (χ1) is 5.81. The van der Waals surface area contributed by atoms with Crippen molar-refractivity contribution in [2.75, 3.05) is 26.3 Å². The predicted molar refractivity (Wildman–Crippen MR) is 43.1 cm³/mol. The third-order valence-electron chi connectivity index (χ3n) is 1.05. The lowest BCUT2D eigenvalue weighted by atomic mass is 10.4. The van der Waals surface area contributed by atoms with Gasteiger partial charge in [0.2, 0.25) is 5.91 Å². The first-order valence-electron chi connectivity index (χ1n) is 3.72. The molecule has 0 heterocycles. The molecule has 0 spiro atoms. The molecule has 0 aliphatic carbocycles. The van der Waals surface area contributed by atoms with E-state index in [1.54, 1.807) is 0 Å². The van der Waals surface area contributed by atoms with E-state index in [-0.39, 0.29) is 12.5 Å². The number of nitrogens with zero attached hydrogens (tertiary/aromatic N) is 1. The normalized spacial score (nSPS) is 9.00. The van der Waals surface area contributed by atoms with E-state index < -0.39 is 0 Å². The third-order valence-corrected chi connectivity index (χ3v) is 1.05. The van der Waals surface area contributed by atoms with Crippen LogP contribution in [0.25, 0.3) is 0 Å². The summed E-state index contributed by atoms with van der Waals surface area (Å²) in [6, 6.07) is 1.91. The predicted octanol–water partition coefficient (Wildman–Crippen LogP) is -1.01. The molecule has 0 atom stereocenters. The third kappa shape index (κ3) is 6.99. The Morgan fingerprint density at radius 3 is 3.00 bits per heavy atom. The Kier molecular flexibility index (Phi) is 7.24. The average molecular weight is 171 g/mol. The van der Waals surface area contributed by atoms with Gasteiger partial charge in [0.05, 0.1) is 19.1 Å². The largest absolute Gasteiger partial charge is 0.370 e. The van der Waals surface area contributed by atoms with Crippen LogP contribution in [0.5, 0.6) is 0 Å². The van der Waals surface area contributed by atoms with E-state index in [4.69, 9.17) is 15.7 Å². The van der Waals surface area contributed by atoms with Gasteiger partial charge < -0.3 is 15.8 Å². The van der Waals surface area contributed by atoms with Crippen LogP contribution >= 0.6 is 0 Å². The van der Waals surface area contributed by atoms with Crippen molar-refractivity contribution in [2.24, 2.45) is 5.73 Å². The van der Waals surface area contributed by atoms with Crippen LogP contribution in [0.15, 0.2) is 0 Å². The number of hydrogen-bond acceptors (Lipinski definition) is 4. The molecule has 0 bridgehead atoms. The van der Waals surface area contributed by atoms with Crippen LogP contribution in [0.3, 0.4) is 0 Å². The van der Waals surface area contributed by atoms with Crippen LogP contribution in [0.2, 0.25) is 0 Å². The highest BCUT2D eigenvalue weighted by atomic mass is 16.5. The van der Waals surface area contributed by atoms with Crippen LogP contribution in [0.4, 0.5) is 0 Å². The number of rotatable bonds is 6. The number of carbonyl (C=O) groups is 1. The molecule has 0 aliphatic heterocycles. The van der Waals surface area contributed by atoms with Gasteiger partial charge in [0.1, 0.15) is 6.61 Å². The van der Waals surface area contributed by atoms with Crippen LogP contribution in [0.1, 0.15) is 6.42 Å². The molecule has 1 amide bonds. The van der Waals surface area contributed by atoms with E-state index in [1.165, 1.54) is 0 Å². The van der Waals surface area contributed by atoms with Gasteiger partial charge in [-0.1, -0.05) is 0 Å². The molecule has 0 fully saturated rings. The molecule has 0 aliphatic rings. The quantitative estimate of drug-likeness (QED) is 0.501. The van der Waals surface area contributed by atoms with Crippen LogP contribution in [-0.2, 0) is 9.53 Å². The Morgan fingerprint density at radius 2 is 2.42 bits per heavy atom. The number of hydrogen-bond donors (Lipinski definition) is 2. The maximum Gasteiger partial charge on any atom is 0.246 e. The molecule has 0 aromatic carbocycles. The summed E-state index contributed by atoms with van der Waals surface area (Å²) in [6.45, 7) is 1.18. The van der Waals surface area contributed by atoms with Crippen LogP contribution in [0, 0.1) is 11.3 Å². The van der Waals surface area contributed by atoms with Gasteiger partial charge in [0, 0.05) is 13.1 Å². The monoisotopic (exact) mass is 171 g/mol. The molecule has 5 nitrogen and oxygen atoms in total. The van der Waals surface area contributed by atoms with E-state index >= 15 is 0 Å². The lowest BCUT2D eigenvalue weighted by Gasteiger charge is -2.02. The van der Waals surface area contributed by atoms with E-state index in [1.807, 2.05) is 6.07 Å². The molecule has 12 heavy (non-hydrogen) atoms. The minimum atomic E-state index is -0.210. The van der Waals surface area contributed by atoms with Crippen molar-refractivity contribution < 1.29 is 9.53 Å². The highest BCUT2D eigenvalue weighted by Gasteiger charge is 1.98. The standard InChI is InChI=1S/C7H13N3O2/c8-2-1-4-10-7(11)6-12-5-3-9/h1,3-6,9H2,(H,10,11). The second-order valence-electron chi connectivity index (χ2n) is 2.10. The fourth-order valence-corrected chi connectivity index (χ4v) is 0.557. The summed E-state index contributed by atoms with van der Waals surface area (Å²) >= 11 is 0. The Bertz CT molecular complexity index is 165. The van der Waals surface area contributed by atoms with Crippen molar-refractivity contribution in [3.05, 3.63) is 0 Å². The van der Waals surface area contributed by atoms with Crippen molar-refractivity contribution >= 4 is 5.91 Å². The molecule has 0 aromatic heterocycles. The van der Waals surface area contributed by atoms with Gasteiger partial charge in [-0.2, -0.15) is 5.26 Å². The summed E-state index contributed by atoms with van der Waals surface area (Å²) in [7, 11) is 0. The average Bonchev–Trinajstić information content (AvgIpc) is 2.06. The first-order valence-corrected chi connectivity index (χ1v) is 3.72. The molecular formula is C7H13N3O2. The minimum Gasteiger partial charge on any atom is -0.370 e. The molecule has 3 N–H and O–H groups in total. The van der Waals surface area contributed by atoms with Crippen LogP contribution in [-0.4, -0.2) is 32.2 Å². The molecule has 0 rings (SSSR count). The Balaban J connectivity index is 3.17. The number of nitrogens with two attached hydrogens (primary N) is 1. The Morgan fingerprint density at radius 1 is 1.67 bits per heavy atom. The first kappa shape index (κ1) is 10.9. The molecule has 0 aromatic rings. The van der Waals surface area contributed by atoms with Crippen molar-refractivity contribution in [1.29, 1.82) is 5.26 Å². The molecule has 0 saturated heterocycles. The highest BCUT2D eigenvalue weighted by molar-refractivity contribution is 5.77. The summed E-state index contributed by atoms with van der Waals surface area (Å²) in [5, 5.41) is 10.7. The minimum absolute atomic E-state index is 0.0165. The zero-order valence-corrected chi connectivity index (χ0v) is 6.88. The molecular weight excluding hydrogens is 158 g/mol. The maximum atomic E-state index is 10.8. The highest BCUT2D eigenvalue weighted by Crippen LogP contribution is 1.75. The number of carbonyl (C=O) groups excluding carboxylic acids is 1. The zero-order chi connectivity index (χ0) is 9.23. The maximum absolute atomic E-state index is 10.8. The van der Waals surface area contributed by atoms with Crippen LogP contribution < -0.4 is 11.1 Å². The SMILES string of the molecule is N#CCCNC(=O)COCCN. The fraction of sp³-hybridized carbons (Fsp3) is 0.714. The second-order valence-corrected chi connectivity index (χ2v) is 2.10. The van der Waals surface area contributed by atoms with Crippen molar-refractivity contribution in [1.82, 2.24) is 5.32 Å². The number of amides is 1. The number of nitrogens with one attached hydrogen (secondary N) is 1. The molecule has 0 radical (unpaired) electrons. The molecule has 0 unspecified atom stereocenters. The van der Waals surface area contributed by atoms with Crippen molar-refractivity contribution in [3.8, 4) is 6.07 Å². The number of ether oxygens (including phenoxy) is 1. The Hall–Kier alpha value is -1.12. The Labute approximate surface area is 71.5 Å². The summed E-state index contributed by atoms with van der Waals surface area (Å²) in [5.74, 6) is -0.210. The van der Waals surface area contributed by atoms with Gasteiger partial charge in [0.15, 0.2) is 0 Å². The van der Waals surface area contributed by atoms with Crippen molar-refractivity contribution in [3.63, 3.8) is 0 Å². The van der Waals surface area contributed by atoms with Gasteiger partial charge >= 0.3 is 0 Å². The summed E-state index contributed by atoms with van der Waals surface area (Å²) < 4.78 is 4.86.